The molecule has 0 fully saturated rings. The molecule has 3 N–H and O–H groups in total. The third-order valence-electron chi connectivity index (χ3n) is 2.85. The molecule has 13 heavy (non-hydrogen) atoms. The number of nitrogens with two attached hydrogens (primary N) is 1. The van der Waals surface area contributed by atoms with E-state index in [0.717, 1.165) is 0 Å². The second-order valence-electron chi connectivity index (χ2n) is 3.74. The molecular weight excluding hydrogens is 170 g/mol. The Morgan fingerprint density at radius 3 is 2.31 bits per heavy atom. The Morgan fingerprint density at radius 1 is 1.62 bits per heavy atom. The van der Waals surface area contributed by atoms with Crippen LogP contribution in [0.4, 0.5) is 0 Å². The Kier molecular flexibility index (Phi) is 4.36. The van der Waals surface area contributed by atoms with Crippen molar-refractivity contribution < 1.29 is 14.6 Å². The van der Waals surface area contributed by atoms with Gasteiger partial charge in [-0.15, -0.1) is 0 Å². The molecule has 0 spiro atoms. The molecule has 0 saturated carbocycles. The van der Waals surface area contributed by atoms with Gasteiger partial charge in [0.15, 0.2) is 0 Å². The van der Waals surface area contributed by atoms with E-state index in [4.69, 9.17) is 15.6 Å². The van der Waals surface area contributed by atoms with Gasteiger partial charge in [0.25, 0.3) is 0 Å². The summed E-state index contributed by atoms with van der Waals surface area (Å²) in [5, 5.41) is 8.73. The van der Waals surface area contributed by atoms with Crippen molar-refractivity contribution in [2.24, 2.45) is 11.1 Å². The molecule has 0 aliphatic carbocycles. The Bertz CT molecular complexity index is 182. The summed E-state index contributed by atoms with van der Waals surface area (Å²) in [7, 11) is 1.56. The SMILES string of the molecule is COC(C)C(C)(CC(=O)O)C(C)N. The molecule has 3 unspecified atom stereocenters. The Morgan fingerprint density at radius 2 is 2.08 bits per heavy atom. The lowest BCUT2D eigenvalue weighted by atomic mass is 9.76. The van der Waals surface area contributed by atoms with Crippen molar-refractivity contribution in [1.29, 1.82) is 0 Å². The molecule has 0 rings (SSSR count). The van der Waals surface area contributed by atoms with Gasteiger partial charge in [-0.25, -0.2) is 0 Å². The molecule has 4 nitrogen and oxygen atoms in total. The predicted octanol–water partition coefficient (Wildman–Crippen LogP) is 0.849. The number of hydrogen-bond donors (Lipinski definition) is 2. The van der Waals surface area contributed by atoms with E-state index in [1.807, 2.05) is 13.8 Å². The summed E-state index contributed by atoms with van der Waals surface area (Å²) in [5.41, 5.74) is 5.24. The Hall–Kier alpha value is -0.610. The van der Waals surface area contributed by atoms with Crippen LogP contribution in [-0.4, -0.2) is 30.3 Å². The number of carboxylic acids is 1. The minimum Gasteiger partial charge on any atom is -0.481 e. The summed E-state index contributed by atoms with van der Waals surface area (Å²) >= 11 is 0. The van der Waals surface area contributed by atoms with Gasteiger partial charge in [-0.3, -0.25) is 4.79 Å². The summed E-state index contributed by atoms with van der Waals surface area (Å²) < 4.78 is 5.13. The van der Waals surface area contributed by atoms with Crippen LogP contribution in [0.15, 0.2) is 0 Å². The van der Waals surface area contributed by atoms with Gasteiger partial charge in [-0.1, -0.05) is 6.92 Å². The number of aliphatic carboxylic acids is 1. The number of hydrogen-bond acceptors (Lipinski definition) is 3. The zero-order chi connectivity index (χ0) is 10.6. The number of carboxylic acid groups (broad SMARTS) is 1. The van der Waals surface area contributed by atoms with Crippen LogP contribution in [0.5, 0.6) is 0 Å². The third kappa shape index (κ3) is 2.97. The maximum Gasteiger partial charge on any atom is 0.304 e. The molecule has 4 heteroatoms. The highest BCUT2D eigenvalue weighted by Crippen LogP contribution is 2.30. The predicted molar refractivity (Wildman–Crippen MR) is 50.5 cm³/mol. The second-order valence-corrected chi connectivity index (χ2v) is 3.74. The van der Waals surface area contributed by atoms with E-state index in [9.17, 15) is 4.79 Å². The Balaban J connectivity index is 4.61. The van der Waals surface area contributed by atoms with Crippen LogP contribution in [0, 0.1) is 5.41 Å². The summed E-state index contributed by atoms with van der Waals surface area (Å²) in [6.07, 6.45) is -0.136. The van der Waals surface area contributed by atoms with Crippen LogP contribution in [0.25, 0.3) is 0 Å². The maximum absolute atomic E-state index is 10.6. The molecule has 0 aliphatic rings. The number of rotatable bonds is 5. The highest BCUT2D eigenvalue weighted by molar-refractivity contribution is 5.67. The molecule has 0 aromatic carbocycles. The van der Waals surface area contributed by atoms with Gasteiger partial charge in [-0.05, 0) is 13.8 Å². The minimum atomic E-state index is -0.844. The number of methoxy groups -OCH3 is 1. The van der Waals surface area contributed by atoms with Crippen LogP contribution in [0.1, 0.15) is 27.2 Å². The van der Waals surface area contributed by atoms with Gasteiger partial charge in [0.05, 0.1) is 12.5 Å². The van der Waals surface area contributed by atoms with Crippen LogP contribution in [-0.2, 0) is 9.53 Å². The van der Waals surface area contributed by atoms with E-state index in [1.165, 1.54) is 0 Å². The second kappa shape index (κ2) is 4.58. The van der Waals surface area contributed by atoms with Crippen molar-refractivity contribution in [2.75, 3.05) is 7.11 Å². The van der Waals surface area contributed by atoms with E-state index in [2.05, 4.69) is 0 Å². The lowest BCUT2D eigenvalue weighted by molar-refractivity contribution is -0.142. The topological polar surface area (TPSA) is 72.5 Å². The molecule has 0 heterocycles. The van der Waals surface area contributed by atoms with Gasteiger partial charge in [-0.2, -0.15) is 0 Å². The molecule has 0 aliphatic heterocycles. The van der Waals surface area contributed by atoms with Gasteiger partial charge < -0.3 is 15.6 Å². The Labute approximate surface area is 79.1 Å². The van der Waals surface area contributed by atoms with Crippen molar-refractivity contribution >= 4 is 5.97 Å². The molecule has 3 atom stereocenters. The quantitative estimate of drug-likeness (QED) is 0.672. The lowest BCUT2D eigenvalue weighted by Crippen LogP contribution is -2.47. The third-order valence-corrected chi connectivity index (χ3v) is 2.85. The fourth-order valence-electron chi connectivity index (χ4n) is 1.27. The molecule has 0 saturated heterocycles. The smallest absolute Gasteiger partial charge is 0.304 e. The van der Waals surface area contributed by atoms with Crippen molar-refractivity contribution in [3.63, 3.8) is 0 Å². The van der Waals surface area contributed by atoms with Crippen molar-refractivity contribution in [1.82, 2.24) is 0 Å². The molecule has 0 bridgehead atoms. The first kappa shape index (κ1) is 12.4. The van der Waals surface area contributed by atoms with E-state index < -0.39 is 11.4 Å². The number of carbonyl (C=O) groups is 1. The molecule has 78 valence electrons. The standard InChI is InChI=1S/C9H19NO3/c1-6(10)9(3,5-8(11)12)7(2)13-4/h6-7H,5,10H2,1-4H3,(H,11,12). The normalized spacial score (nSPS) is 20.4. The molecule has 0 aromatic heterocycles. The van der Waals surface area contributed by atoms with Gasteiger partial charge in [0, 0.05) is 18.6 Å². The average molecular weight is 189 g/mol. The fraction of sp³-hybridized carbons (Fsp3) is 0.889. The van der Waals surface area contributed by atoms with Gasteiger partial charge >= 0.3 is 5.97 Å². The fourth-order valence-corrected chi connectivity index (χ4v) is 1.27. The molecule has 0 radical (unpaired) electrons. The highest BCUT2D eigenvalue weighted by atomic mass is 16.5. The first-order valence-electron chi connectivity index (χ1n) is 4.34. The van der Waals surface area contributed by atoms with Crippen molar-refractivity contribution in [2.45, 2.75) is 39.3 Å². The molecular formula is C9H19NO3. The minimum absolute atomic E-state index is 0.0275. The monoisotopic (exact) mass is 189 g/mol. The zero-order valence-electron chi connectivity index (χ0n) is 8.70. The van der Waals surface area contributed by atoms with Crippen molar-refractivity contribution in [3.05, 3.63) is 0 Å². The van der Waals surface area contributed by atoms with E-state index in [1.54, 1.807) is 14.0 Å². The molecule has 0 aromatic rings. The van der Waals surface area contributed by atoms with Gasteiger partial charge in [0.1, 0.15) is 0 Å². The summed E-state index contributed by atoms with van der Waals surface area (Å²) in [4.78, 5) is 10.6. The van der Waals surface area contributed by atoms with Crippen molar-refractivity contribution in [3.8, 4) is 0 Å². The van der Waals surface area contributed by atoms with Crippen LogP contribution >= 0.6 is 0 Å². The molecule has 0 amide bonds. The first-order chi connectivity index (χ1) is 5.84. The largest absolute Gasteiger partial charge is 0.481 e. The maximum atomic E-state index is 10.6. The average Bonchev–Trinajstić information content (AvgIpc) is 2.01. The van der Waals surface area contributed by atoms with E-state index >= 15 is 0 Å². The van der Waals surface area contributed by atoms with E-state index in [0.29, 0.717) is 0 Å². The highest BCUT2D eigenvalue weighted by Gasteiger charge is 2.37. The zero-order valence-corrected chi connectivity index (χ0v) is 8.70. The first-order valence-corrected chi connectivity index (χ1v) is 4.34. The van der Waals surface area contributed by atoms with Crippen LogP contribution < -0.4 is 5.73 Å². The number of ether oxygens (including phenoxy) is 1. The summed E-state index contributed by atoms with van der Waals surface area (Å²) in [6.45, 7) is 5.48. The summed E-state index contributed by atoms with van der Waals surface area (Å²) in [6, 6.07) is -0.210. The van der Waals surface area contributed by atoms with E-state index in [-0.39, 0.29) is 18.6 Å². The van der Waals surface area contributed by atoms with Gasteiger partial charge in [0.2, 0.25) is 0 Å². The lowest BCUT2D eigenvalue weighted by Gasteiger charge is -2.36. The van der Waals surface area contributed by atoms with Crippen LogP contribution in [0.3, 0.4) is 0 Å². The summed E-state index contributed by atoms with van der Waals surface area (Å²) in [5.74, 6) is -0.844. The van der Waals surface area contributed by atoms with Crippen LogP contribution in [0.2, 0.25) is 0 Å².